The molecule has 0 aliphatic carbocycles. The van der Waals surface area contributed by atoms with Gasteiger partial charge in [0, 0.05) is 31.3 Å². The molecule has 1 aliphatic heterocycles. The van der Waals surface area contributed by atoms with Crippen molar-refractivity contribution >= 4 is 15.5 Å². The summed E-state index contributed by atoms with van der Waals surface area (Å²) in [6, 6.07) is 7.03. The smallest absolute Gasteiger partial charge is 0.178 e. The Hall–Kier alpha value is -1.07. The van der Waals surface area contributed by atoms with E-state index in [0.29, 0.717) is 17.2 Å². The first-order valence-electron chi connectivity index (χ1n) is 6.25. The van der Waals surface area contributed by atoms with Gasteiger partial charge in [-0.15, -0.1) is 0 Å². The van der Waals surface area contributed by atoms with Crippen molar-refractivity contribution in [1.82, 2.24) is 0 Å². The van der Waals surface area contributed by atoms with Crippen LogP contribution in [0.25, 0.3) is 0 Å². The number of hydrogen-bond acceptors (Lipinski definition) is 4. The van der Waals surface area contributed by atoms with Crippen molar-refractivity contribution in [2.45, 2.75) is 18.2 Å². The quantitative estimate of drug-likeness (QED) is 0.875. The highest BCUT2D eigenvalue weighted by Gasteiger charge is 2.26. The molecule has 0 spiro atoms. The van der Waals surface area contributed by atoms with E-state index in [1.807, 2.05) is 19.1 Å². The van der Waals surface area contributed by atoms with Gasteiger partial charge < -0.3 is 10.0 Å². The standard InChI is InChI=1S/C13H19NO3S/c1-2-7-18(16,17)13-5-3-12(4-6-13)14-8-11(9-14)10-15/h3-6,11,15H,2,7-10H2,1H3. The van der Waals surface area contributed by atoms with Gasteiger partial charge in [-0.25, -0.2) is 8.42 Å². The van der Waals surface area contributed by atoms with Crippen LogP contribution >= 0.6 is 0 Å². The molecule has 5 heteroatoms. The molecule has 0 amide bonds. The molecule has 100 valence electrons. The number of hydrogen-bond donors (Lipinski definition) is 1. The molecule has 0 bridgehead atoms. The van der Waals surface area contributed by atoms with Crippen LogP contribution in [-0.2, 0) is 9.84 Å². The maximum Gasteiger partial charge on any atom is 0.178 e. The van der Waals surface area contributed by atoms with Gasteiger partial charge >= 0.3 is 0 Å². The van der Waals surface area contributed by atoms with E-state index in [1.165, 1.54) is 0 Å². The van der Waals surface area contributed by atoms with Crippen LogP contribution in [-0.4, -0.2) is 39.0 Å². The summed E-state index contributed by atoms with van der Waals surface area (Å²) in [6.45, 7) is 3.77. The lowest BCUT2D eigenvalue weighted by Gasteiger charge is -2.40. The number of benzene rings is 1. The summed E-state index contributed by atoms with van der Waals surface area (Å²) in [5, 5.41) is 8.95. The van der Waals surface area contributed by atoms with E-state index in [2.05, 4.69) is 4.90 Å². The minimum Gasteiger partial charge on any atom is -0.396 e. The SMILES string of the molecule is CCCS(=O)(=O)c1ccc(N2CC(CO)C2)cc1. The molecule has 4 nitrogen and oxygen atoms in total. The number of sulfone groups is 1. The van der Waals surface area contributed by atoms with Crippen molar-refractivity contribution in [1.29, 1.82) is 0 Å². The number of nitrogens with zero attached hydrogens (tertiary/aromatic N) is 1. The number of rotatable bonds is 5. The first kappa shape index (κ1) is 13.4. The second-order valence-electron chi connectivity index (χ2n) is 4.77. The van der Waals surface area contributed by atoms with Crippen LogP contribution in [0.4, 0.5) is 5.69 Å². The molecular weight excluding hydrogens is 250 g/mol. The Morgan fingerprint density at radius 1 is 1.28 bits per heavy atom. The molecule has 2 rings (SSSR count). The number of aliphatic hydroxyl groups excluding tert-OH is 1. The molecule has 0 radical (unpaired) electrons. The van der Waals surface area contributed by atoms with Crippen LogP contribution in [0.15, 0.2) is 29.2 Å². The summed E-state index contributed by atoms with van der Waals surface area (Å²) in [5.41, 5.74) is 1.02. The summed E-state index contributed by atoms with van der Waals surface area (Å²) >= 11 is 0. The molecule has 0 unspecified atom stereocenters. The highest BCUT2D eigenvalue weighted by Crippen LogP contribution is 2.25. The predicted octanol–water partition coefficient (Wildman–Crippen LogP) is 1.30. The lowest BCUT2D eigenvalue weighted by atomic mass is 10.0. The fourth-order valence-corrected chi connectivity index (χ4v) is 3.47. The summed E-state index contributed by atoms with van der Waals surface area (Å²) in [5.74, 6) is 0.552. The second-order valence-corrected chi connectivity index (χ2v) is 6.88. The minimum atomic E-state index is -3.12. The van der Waals surface area contributed by atoms with Gasteiger partial charge in [0.15, 0.2) is 9.84 Å². The molecule has 1 N–H and O–H groups in total. The lowest BCUT2D eigenvalue weighted by molar-refractivity contribution is 0.201. The van der Waals surface area contributed by atoms with E-state index in [4.69, 9.17) is 5.11 Å². The maximum absolute atomic E-state index is 11.8. The van der Waals surface area contributed by atoms with Gasteiger partial charge in [-0.2, -0.15) is 0 Å². The zero-order valence-corrected chi connectivity index (χ0v) is 11.4. The van der Waals surface area contributed by atoms with Crippen LogP contribution in [0.5, 0.6) is 0 Å². The molecular formula is C13H19NO3S. The molecule has 1 fully saturated rings. The van der Waals surface area contributed by atoms with Gasteiger partial charge in [0.05, 0.1) is 10.6 Å². The number of anilines is 1. The average molecular weight is 269 g/mol. The van der Waals surface area contributed by atoms with Crippen molar-refractivity contribution in [3.63, 3.8) is 0 Å². The third kappa shape index (κ3) is 2.67. The summed E-state index contributed by atoms with van der Waals surface area (Å²) in [6.07, 6.45) is 0.633. The molecule has 0 atom stereocenters. The van der Waals surface area contributed by atoms with Crippen LogP contribution < -0.4 is 4.90 Å². The van der Waals surface area contributed by atoms with Crippen LogP contribution in [0.3, 0.4) is 0 Å². The third-order valence-electron chi connectivity index (χ3n) is 3.25. The van der Waals surface area contributed by atoms with Crippen molar-refractivity contribution in [3.05, 3.63) is 24.3 Å². The molecule has 1 aromatic carbocycles. The average Bonchev–Trinajstić information content (AvgIpc) is 2.28. The van der Waals surface area contributed by atoms with E-state index >= 15 is 0 Å². The van der Waals surface area contributed by atoms with Crippen molar-refractivity contribution in [3.8, 4) is 0 Å². The van der Waals surface area contributed by atoms with Gasteiger partial charge in [0.1, 0.15) is 0 Å². The molecule has 18 heavy (non-hydrogen) atoms. The monoisotopic (exact) mass is 269 g/mol. The Morgan fingerprint density at radius 2 is 1.89 bits per heavy atom. The summed E-state index contributed by atoms with van der Waals surface area (Å²) < 4.78 is 23.7. The second kappa shape index (κ2) is 5.28. The van der Waals surface area contributed by atoms with Crippen LogP contribution in [0, 0.1) is 5.92 Å². The zero-order valence-electron chi connectivity index (χ0n) is 10.5. The molecule has 1 saturated heterocycles. The van der Waals surface area contributed by atoms with Crippen molar-refractivity contribution < 1.29 is 13.5 Å². The Labute approximate surface area is 108 Å². The number of aliphatic hydroxyl groups is 1. The molecule has 1 aromatic rings. The Balaban J connectivity index is 2.07. The topological polar surface area (TPSA) is 57.6 Å². The Morgan fingerprint density at radius 3 is 2.39 bits per heavy atom. The first-order chi connectivity index (χ1) is 8.56. The van der Waals surface area contributed by atoms with E-state index in [-0.39, 0.29) is 12.4 Å². The van der Waals surface area contributed by atoms with E-state index in [0.717, 1.165) is 18.8 Å². The Bertz CT molecular complexity index is 489. The Kier molecular flexibility index (Phi) is 3.92. The fraction of sp³-hybridized carbons (Fsp3) is 0.538. The highest BCUT2D eigenvalue weighted by molar-refractivity contribution is 7.91. The summed E-state index contributed by atoms with van der Waals surface area (Å²) in [7, 11) is -3.12. The van der Waals surface area contributed by atoms with E-state index < -0.39 is 9.84 Å². The highest BCUT2D eigenvalue weighted by atomic mass is 32.2. The van der Waals surface area contributed by atoms with E-state index in [9.17, 15) is 8.42 Å². The van der Waals surface area contributed by atoms with E-state index in [1.54, 1.807) is 12.1 Å². The van der Waals surface area contributed by atoms with Crippen LogP contribution in [0.2, 0.25) is 0 Å². The van der Waals surface area contributed by atoms with Gasteiger partial charge in [0.25, 0.3) is 0 Å². The molecule has 0 saturated carbocycles. The summed E-state index contributed by atoms with van der Waals surface area (Å²) in [4.78, 5) is 2.53. The van der Waals surface area contributed by atoms with Crippen molar-refractivity contribution in [2.24, 2.45) is 5.92 Å². The minimum absolute atomic E-state index is 0.197. The zero-order chi connectivity index (χ0) is 13.2. The predicted molar refractivity (Wildman–Crippen MR) is 71.6 cm³/mol. The van der Waals surface area contributed by atoms with Gasteiger partial charge in [-0.05, 0) is 30.7 Å². The largest absolute Gasteiger partial charge is 0.396 e. The first-order valence-corrected chi connectivity index (χ1v) is 7.90. The molecule has 1 aliphatic rings. The van der Waals surface area contributed by atoms with Gasteiger partial charge in [0.2, 0.25) is 0 Å². The van der Waals surface area contributed by atoms with Crippen molar-refractivity contribution in [2.75, 3.05) is 30.3 Å². The maximum atomic E-state index is 11.8. The van der Waals surface area contributed by atoms with Crippen LogP contribution in [0.1, 0.15) is 13.3 Å². The fourth-order valence-electron chi connectivity index (χ4n) is 2.15. The normalized spacial score (nSPS) is 16.7. The third-order valence-corrected chi connectivity index (χ3v) is 5.19. The molecule has 0 aromatic heterocycles. The van der Waals surface area contributed by atoms with Gasteiger partial charge in [-0.3, -0.25) is 0 Å². The molecule has 1 heterocycles. The lowest BCUT2D eigenvalue weighted by Crippen LogP contribution is -2.48. The van der Waals surface area contributed by atoms with Gasteiger partial charge in [-0.1, -0.05) is 6.92 Å².